The van der Waals surface area contributed by atoms with Crippen LogP contribution in [0.5, 0.6) is 0 Å². The van der Waals surface area contributed by atoms with E-state index in [-0.39, 0.29) is 11.3 Å². The Morgan fingerprint density at radius 3 is 2.56 bits per heavy atom. The average Bonchev–Trinajstić information content (AvgIpc) is 3.33. The van der Waals surface area contributed by atoms with Crippen molar-refractivity contribution in [1.82, 2.24) is 14.3 Å². The highest BCUT2D eigenvalue weighted by atomic mass is 32.2. The van der Waals surface area contributed by atoms with Gasteiger partial charge in [-0.1, -0.05) is 48.5 Å². The van der Waals surface area contributed by atoms with Gasteiger partial charge in [-0.25, -0.2) is 13.4 Å². The molecule has 1 atom stereocenters. The van der Waals surface area contributed by atoms with Crippen molar-refractivity contribution in [3.8, 4) is 0 Å². The van der Waals surface area contributed by atoms with E-state index in [1.54, 1.807) is 10.6 Å². The number of fused-ring (bicyclic) bond motifs is 1. The number of hydrogen-bond donors (Lipinski definition) is 1. The van der Waals surface area contributed by atoms with E-state index >= 15 is 0 Å². The van der Waals surface area contributed by atoms with Crippen molar-refractivity contribution in [2.75, 3.05) is 24.7 Å². The number of nitrogens with one attached hydrogen (secondary N) is 1. The number of nitrogens with zero attached hydrogens (tertiary/aromatic N) is 3. The van der Waals surface area contributed by atoms with E-state index in [1.165, 1.54) is 5.56 Å². The normalized spacial score (nSPS) is 20.1. The van der Waals surface area contributed by atoms with Crippen LogP contribution in [0.15, 0.2) is 67.1 Å². The summed E-state index contributed by atoms with van der Waals surface area (Å²) >= 11 is 0. The van der Waals surface area contributed by atoms with E-state index in [4.69, 9.17) is 4.74 Å². The summed E-state index contributed by atoms with van der Waals surface area (Å²) in [6.07, 6.45) is 6.41. The van der Waals surface area contributed by atoms with E-state index in [0.29, 0.717) is 45.7 Å². The highest BCUT2D eigenvalue weighted by Crippen LogP contribution is 2.33. The van der Waals surface area contributed by atoms with Gasteiger partial charge in [0.05, 0.1) is 23.8 Å². The Balaban J connectivity index is 1.49. The number of rotatable bonds is 7. The second kappa shape index (κ2) is 10.3. The quantitative estimate of drug-likeness (QED) is 0.557. The molecule has 3 aromatic rings. The zero-order valence-electron chi connectivity index (χ0n) is 19.3. The number of anilines is 1. The van der Waals surface area contributed by atoms with Crippen molar-refractivity contribution in [2.24, 2.45) is 0 Å². The minimum atomic E-state index is -3.45. The summed E-state index contributed by atoms with van der Waals surface area (Å²) < 4.78 is 34.8. The molecule has 0 radical (unpaired) electrons. The molecule has 1 saturated heterocycles. The molecule has 2 aliphatic rings. The first-order valence-electron chi connectivity index (χ1n) is 12.0. The molecule has 1 N–H and O–H groups in total. The van der Waals surface area contributed by atoms with Gasteiger partial charge < -0.3 is 14.6 Å². The van der Waals surface area contributed by atoms with Gasteiger partial charge in [0.15, 0.2) is 0 Å². The zero-order chi connectivity index (χ0) is 23.4. The van der Waals surface area contributed by atoms with Gasteiger partial charge >= 0.3 is 0 Å². The van der Waals surface area contributed by atoms with Gasteiger partial charge in [0.2, 0.25) is 10.0 Å². The molecule has 0 bridgehead atoms. The molecule has 0 saturated carbocycles. The van der Waals surface area contributed by atoms with E-state index < -0.39 is 10.0 Å². The van der Waals surface area contributed by atoms with Crippen LogP contribution in [-0.2, 0) is 34.3 Å². The lowest BCUT2D eigenvalue weighted by Gasteiger charge is -2.35. The average molecular weight is 481 g/mol. The predicted octanol–water partition coefficient (Wildman–Crippen LogP) is 3.74. The second-order valence-electron chi connectivity index (χ2n) is 9.16. The van der Waals surface area contributed by atoms with Crippen molar-refractivity contribution in [3.05, 3.63) is 83.9 Å². The molecule has 0 spiro atoms. The summed E-state index contributed by atoms with van der Waals surface area (Å²) in [6.45, 7) is 2.55. The lowest BCUT2D eigenvalue weighted by molar-refractivity contribution is 0.0971. The second-order valence-corrected chi connectivity index (χ2v) is 11.4. The Labute approximate surface area is 201 Å². The highest BCUT2D eigenvalue weighted by molar-refractivity contribution is 7.89. The topological polar surface area (TPSA) is 78.5 Å². The Morgan fingerprint density at radius 2 is 1.79 bits per heavy atom. The Hall–Kier alpha value is -2.68. The van der Waals surface area contributed by atoms with Crippen LogP contribution in [0, 0.1) is 0 Å². The van der Waals surface area contributed by atoms with Gasteiger partial charge in [-0.2, -0.15) is 4.31 Å². The SMILES string of the molecule is O=S(=O)(C1CCOCC1)N1Cc2ccccc2N(Cc2cnc[nH]2)C(CCc2ccccc2)C1. The van der Waals surface area contributed by atoms with Crippen molar-refractivity contribution >= 4 is 15.7 Å². The smallest absolute Gasteiger partial charge is 0.217 e. The van der Waals surface area contributed by atoms with Crippen LogP contribution in [0.25, 0.3) is 0 Å². The summed E-state index contributed by atoms with van der Waals surface area (Å²) in [5.74, 6) is 0. The molecule has 8 heteroatoms. The summed E-state index contributed by atoms with van der Waals surface area (Å²) in [4.78, 5) is 9.79. The number of para-hydroxylation sites is 1. The molecule has 180 valence electrons. The fourth-order valence-electron chi connectivity index (χ4n) is 5.08. The molecule has 7 nitrogen and oxygen atoms in total. The van der Waals surface area contributed by atoms with Crippen LogP contribution in [-0.4, -0.2) is 53.7 Å². The number of ether oxygens (including phenoxy) is 1. The van der Waals surface area contributed by atoms with E-state index in [9.17, 15) is 8.42 Å². The van der Waals surface area contributed by atoms with Gasteiger partial charge in [-0.3, -0.25) is 0 Å². The summed E-state index contributed by atoms with van der Waals surface area (Å²) in [5.41, 5.74) is 4.42. The third-order valence-corrected chi connectivity index (χ3v) is 9.27. The molecule has 34 heavy (non-hydrogen) atoms. The number of aromatic amines is 1. The van der Waals surface area contributed by atoms with Crippen molar-refractivity contribution < 1.29 is 13.2 Å². The van der Waals surface area contributed by atoms with E-state index in [2.05, 4.69) is 51.3 Å². The molecule has 3 heterocycles. The lowest BCUT2D eigenvalue weighted by Crippen LogP contribution is -2.47. The molecular formula is C26H32N4O3S. The number of aryl methyl sites for hydroxylation is 1. The van der Waals surface area contributed by atoms with Crippen LogP contribution in [0.3, 0.4) is 0 Å². The van der Waals surface area contributed by atoms with Gasteiger partial charge in [-0.15, -0.1) is 0 Å². The number of aromatic nitrogens is 2. The molecule has 1 fully saturated rings. The number of H-pyrrole nitrogens is 1. The molecule has 2 aliphatic heterocycles. The fourth-order valence-corrected chi connectivity index (χ4v) is 6.99. The zero-order valence-corrected chi connectivity index (χ0v) is 20.2. The Bertz CT molecular complexity index is 1160. The van der Waals surface area contributed by atoms with Crippen LogP contribution in [0.1, 0.15) is 36.1 Å². The van der Waals surface area contributed by atoms with Gasteiger partial charge in [0, 0.05) is 44.2 Å². The number of sulfonamides is 1. The molecule has 2 aromatic carbocycles. The third kappa shape index (κ3) is 5.04. The molecule has 1 unspecified atom stereocenters. The molecule has 0 amide bonds. The summed E-state index contributed by atoms with van der Waals surface area (Å²) in [7, 11) is -3.45. The first kappa shape index (κ1) is 23.1. The third-order valence-electron chi connectivity index (χ3n) is 6.96. The van der Waals surface area contributed by atoms with Crippen molar-refractivity contribution in [2.45, 2.75) is 50.1 Å². The van der Waals surface area contributed by atoms with E-state index in [1.807, 2.05) is 24.4 Å². The van der Waals surface area contributed by atoms with Crippen LogP contribution >= 0.6 is 0 Å². The highest BCUT2D eigenvalue weighted by Gasteiger charge is 2.38. The Kier molecular flexibility index (Phi) is 6.99. The number of benzene rings is 2. The minimum absolute atomic E-state index is 0.0294. The van der Waals surface area contributed by atoms with Crippen LogP contribution in [0.4, 0.5) is 5.69 Å². The molecule has 5 rings (SSSR count). The van der Waals surface area contributed by atoms with E-state index in [0.717, 1.165) is 29.8 Å². The predicted molar refractivity (Wildman–Crippen MR) is 133 cm³/mol. The van der Waals surface area contributed by atoms with Gasteiger partial charge in [-0.05, 0) is 42.9 Å². The summed E-state index contributed by atoms with van der Waals surface area (Å²) in [6, 6.07) is 18.7. The lowest BCUT2D eigenvalue weighted by atomic mass is 10.0. The molecular weight excluding hydrogens is 448 g/mol. The van der Waals surface area contributed by atoms with Crippen molar-refractivity contribution in [3.63, 3.8) is 0 Å². The van der Waals surface area contributed by atoms with Crippen LogP contribution in [0.2, 0.25) is 0 Å². The molecule has 0 aliphatic carbocycles. The monoisotopic (exact) mass is 480 g/mol. The maximum Gasteiger partial charge on any atom is 0.217 e. The first-order valence-corrected chi connectivity index (χ1v) is 13.5. The first-order chi connectivity index (χ1) is 16.6. The molecule has 1 aromatic heterocycles. The fraction of sp³-hybridized carbons (Fsp3) is 0.423. The number of hydrogen-bond acceptors (Lipinski definition) is 5. The van der Waals surface area contributed by atoms with Crippen molar-refractivity contribution in [1.29, 1.82) is 0 Å². The van der Waals surface area contributed by atoms with Gasteiger partial charge in [0.25, 0.3) is 0 Å². The van der Waals surface area contributed by atoms with Crippen LogP contribution < -0.4 is 4.90 Å². The van der Waals surface area contributed by atoms with Gasteiger partial charge in [0.1, 0.15) is 0 Å². The maximum absolute atomic E-state index is 13.8. The Morgan fingerprint density at radius 1 is 1.03 bits per heavy atom. The largest absolute Gasteiger partial charge is 0.381 e. The number of imidazole rings is 1. The maximum atomic E-state index is 13.8. The minimum Gasteiger partial charge on any atom is -0.381 e. The standard InChI is InChI=1S/C26H32N4O3S/c31-34(32,25-12-14-33-15-13-25)29-17-22-8-4-5-9-26(22)30(18-23-16-27-20-28-23)24(19-29)11-10-21-6-2-1-3-7-21/h1-9,16,20,24-25H,10-15,17-19H2,(H,27,28). The summed E-state index contributed by atoms with van der Waals surface area (Å²) in [5, 5.41) is -0.373.